The number of carbonyl (C=O) groups is 2. The summed E-state index contributed by atoms with van der Waals surface area (Å²) in [5.41, 5.74) is -0.684. The highest BCUT2D eigenvalue weighted by molar-refractivity contribution is 5.93. The van der Waals surface area contributed by atoms with Gasteiger partial charge in [-0.05, 0) is 25.7 Å². The normalized spacial score (nSPS) is 18.1. The molecule has 0 radical (unpaired) electrons. The van der Waals surface area contributed by atoms with Crippen LogP contribution in [0.3, 0.4) is 0 Å². The van der Waals surface area contributed by atoms with Crippen LogP contribution in [-0.4, -0.2) is 34.4 Å². The predicted octanol–water partition coefficient (Wildman–Crippen LogP) is 1.65. The molecule has 0 bridgehead atoms. The Morgan fingerprint density at radius 1 is 1.22 bits per heavy atom. The van der Waals surface area contributed by atoms with E-state index in [1.807, 2.05) is 0 Å². The van der Waals surface area contributed by atoms with Gasteiger partial charge < -0.3 is 14.9 Å². The first kappa shape index (κ1) is 14.7. The van der Waals surface area contributed by atoms with E-state index >= 15 is 0 Å². The van der Waals surface area contributed by atoms with Crippen LogP contribution >= 0.6 is 0 Å². The molecule has 0 amide bonds. The maximum absolute atomic E-state index is 11.8. The molecule has 102 valence electrons. The molecule has 0 spiro atoms. The molecule has 0 aromatic carbocycles. The molecule has 18 heavy (non-hydrogen) atoms. The number of esters is 1. The van der Waals surface area contributed by atoms with Crippen molar-refractivity contribution in [3.63, 3.8) is 0 Å². The van der Waals surface area contributed by atoms with Gasteiger partial charge in [-0.1, -0.05) is 13.0 Å². The molecular weight excluding hydrogens is 236 g/mol. The molecular formula is C13H20O5. The van der Waals surface area contributed by atoms with Crippen LogP contribution in [0.2, 0.25) is 0 Å². The molecule has 0 aliphatic heterocycles. The van der Waals surface area contributed by atoms with Crippen molar-refractivity contribution in [3.8, 4) is 0 Å². The zero-order chi connectivity index (χ0) is 13.6. The molecule has 1 aliphatic rings. The number of hydrogen-bond acceptors (Lipinski definition) is 4. The van der Waals surface area contributed by atoms with E-state index in [0.717, 1.165) is 32.1 Å². The third kappa shape index (κ3) is 4.14. The molecule has 5 nitrogen and oxygen atoms in total. The van der Waals surface area contributed by atoms with Crippen molar-refractivity contribution < 1.29 is 24.5 Å². The van der Waals surface area contributed by atoms with Crippen LogP contribution in [0, 0.1) is 0 Å². The van der Waals surface area contributed by atoms with Crippen LogP contribution in [0.1, 0.15) is 44.9 Å². The Bertz CT molecular complexity index is 323. The van der Waals surface area contributed by atoms with Crippen molar-refractivity contribution in [2.75, 3.05) is 6.61 Å². The fourth-order valence-electron chi connectivity index (χ4n) is 2.33. The lowest BCUT2D eigenvalue weighted by molar-refractivity contribution is -0.161. The largest absolute Gasteiger partial charge is 0.481 e. The number of hydrogen-bond donors (Lipinski definition) is 2. The van der Waals surface area contributed by atoms with Crippen molar-refractivity contribution in [1.82, 2.24) is 0 Å². The quantitative estimate of drug-likeness (QED) is 0.557. The predicted molar refractivity (Wildman–Crippen MR) is 65.0 cm³/mol. The number of carboxylic acid groups (broad SMARTS) is 1. The highest BCUT2D eigenvalue weighted by atomic mass is 16.6. The monoisotopic (exact) mass is 256 g/mol. The second-order valence-electron chi connectivity index (χ2n) is 4.78. The number of carbonyl (C=O) groups excluding carboxylic acids is 1. The van der Waals surface area contributed by atoms with Gasteiger partial charge in [0.05, 0.1) is 6.42 Å². The zero-order valence-corrected chi connectivity index (χ0v) is 10.5. The fraction of sp³-hybridized carbons (Fsp3) is 0.692. The van der Waals surface area contributed by atoms with Crippen molar-refractivity contribution in [3.05, 3.63) is 12.2 Å². The summed E-state index contributed by atoms with van der Waals surface area (Å²) >= 11 is 0. The van der Waals surface area contributed by atoms with Gasteiger partial charge in [-0.2, -0.15) is 0 Å². The van der Waals surface area contributed by atoms with E-state index in [1.165, 1.54) is 0 Å². The molecule has 0 aromatic rings. The topological polar surface area (TPSA) is 83.8 Å². The second kappa shape index (κ2) is 6.54. The molecule has 1 saturated carbocycles. The second-order valence-corrected chi connectivity index (χ2v) is 4.78. The Morgan fingerprint density at radius 3 is 2.33 bits per heavy atom. The van der Waals surface area contributed by atoms with Crippen LogP contribution in [0.5, 0.6) is 0 Å². The fourth-order valence-corrected chi connectivity index (χ4v) is 2.33. The van der Waals surface area contributed by atoms with E-state index in [4.69, 9.17) is 14.9 Å². The van der Waals surface area contributed by atoms with Gasteiger partial charge in [-0.3, -0.25) is 4.79 Å². The Balaban J connectivity index is 2.62. The SMILES string of the molecule is C=C(CC(=O)O)C(=O)OC1(CCO)CCCCC1. The summed E-state index contributed by atoms with van der Waals surface area (Å²) in [5, 5.41) is 17.7. The molecule has 5 heteroatoms. The van der Waals surface area contributed by atoms with Gasteiger partial charge >= 0.3 is 11.9 Å². The highest BCUT2D eigenvalue weighted by Gasteiger charge is 2.36. The number of rotatable bonds is 6. The smallest absolute Gasteiger partial charge is 0.334 e. The van der Waals surface area contributed by atoms with Crippen molar-refractivity contribution >= 4 is 11.9 Å². The Kier molecular flexibility index (Phi) is 5.34. The summed E-state index contributed by atoms with van der Waals surface area (Å²) in [7, 11) is 0. The van der Waals surface area contributed by atoms with Crippen LogP contribution in [0.4, 0.5) is 0 Å². The summed E-state index contributed by atoms with van der Waals surface area (Å²) in [4.78, 5) is 22.3. The van der Waals surface area contributed by atoms with Crippen LogP contribution in [-0.2, 0) is 14.3 Å². The third-order valence-corrected chi connectivity index (χ3v) is 3.29. The van der Waals surface area contributed by atoms with Gasteiger partial charge in [0.2, 0.25) is 0 Å². The number of carboxylic acids is 1. The number of ether oxygens (including phenoxy) is 1. The van der Waals surface area contributed by atoms with Crippen LogP contribution in [0.15, 0.2) is 12.2 Å². The van der Waals surface area contributed by atoms with Gasteiger partial charge in [0.1, 0.15) is 5.60 Å². The summed E-state index contributed by atoms with van der Waals surface area (Å²) < 4.78 is 5.42. The number of aliphatic carboxylic acids is 1. The average molecular weight is 256 g/mol. The lowest BCUT2D eigenvalue weighted by Crippen LogP contribution is -2.38. The molecule has 2 N–H and O–H groups in total. The molecule has 1 rings (SSSR count). The lowest BCUT2D eigenvalue weighted by atomic mass is 9.82. The Hall–Kier alpha value is -1.36. The van der Waals surface area contributed by atoms with Gasteiger partial charge in [-0.15, -0.1) is 0 Å². The Morgan fingerprint density at radius 2 is 1.83 bits per heavy atom. The molecule has 0 heterocycles. The minimum Gasteiger partial charge on any atom is -0.481 e. The van der Waals surface area contributed by atoms with Gasteiger partial charge in [0.15, 0.2) is 0 Å². The highest BCUT2D eigenvalue weighted by Crippen LogP contribution is 2.35. The molecule has 1 fully saturated rings. The standard InChI is InChI=1S/C13H20O5/c1-10(9-11(15)16)12(17)18-13(7-8-14)5-3-2-4-6-13/h14H,1-9H2,(H,15,16). The third-order valence-electron chi connectivity index (χ3n) is 3.29. The van der Waals surface area contributed by atoms with E-state index in [2.05, 4.69) is 6.58 Å². The maximum atomic E-state index is 11.8. The summed E-state index contributed by atoms with van der Waals surface area (Å²) in [6, 6.07) is 0. The van der Waals surface area contributed by atoms with Gasteiger partial charge in [0.25, 0.3) is 0 Å². The first-order valence-corrected chi connectivity index (χ1v) is 6.23. The minimum absolute atomic E-state index is 0.0430. The minimum atomic E-state index is -1.10. The summed E-state index contributed by atoms with van der Waals surface area (Å²) in [6.07, 6.45) is 4.45. The van der Waals surface area contributed by atoms with Crippen LogP contribution < -0.4 is 0 Å². The molecule has 0 atom stereocenters. The van der Waals surface area contributed by atoms with E-state index in [1.54, 1.807) is 0 Å². The van der Waals surface area contributed by atoms with Crippen molar-refractivity contribution in [2.45, 2.75) is 50.5 Å². The summed E-state index contributed by atoms with van der Waals surface area (Å²) in [6.45, 7) is 3.39. The zero-order valence-electron chi connectivity index (χ0n) is 10.5. The van der Waals surface area contributed by atoms with Crippen molar-refractivity contribution in [2.24, 2.45) is 0 Å². The van der Waals surface area contributed by atoms with Crippen molar-refractivity contribution in [1.29, 1.82) is 0 Å². The van der Waals surface area contributed by atoms with E-state index in [-0.39, 0.29) is 12.2 Å². The molecule has 0 unspecified atom stereocenters. The molecule has 1 aliphatic carbocycles. The maximum Gasteiger partial charge on any atom is 0.334 e. The Labute approximate surface area is 106 Å². The molecule has 0 aromatic heterocycles. The van der Waals surface area contributed by atoms with Crippen LogP contribution in [0.25, 0.3) is 0 Å². The summed E-state index contributed by atoms with van der Waals surface area (Å²) in [5.74, 6) is -1.76. The lowest BCUT2D eigenvalue weighted by Gasteiger charge is -2.36. The van der Waals surface area contributed by atoms with Gasteiger partial charge in [-0.25, -0.2) is 4.79 Å². The average Bonchev–Trinajstić information content (AvgIpc) is 2.29. The van der Waals surface area contributed by atoms with E-state index in [9.17, 15) is 9.59 Å². The molecule has 0 saturated heterocycles. The van der Waals surface area contributed by atoms with E-state index in [0.29, 0.717) is 6.42 Å². The number of aliphatic hydroxyl groups excluding tert-OH is 1. The first-order chi connectivity index (χ1) is 8.49. The van der Waals surface area contributed by atoms with Gasteiger partial charge in [0, 0.05) is 18.6 Å². The first-order valence-electron chi connectivity index (χ1n) is 6.23. The van der Waals surface area contributed by atoms with E-state index < -0.39 is 24.0 Å². The number of aliphatic hydroxyl groups is 1.